The third-order valence-electron chi connectivity index (χ3n) is 1.25. The summed E-state index contributed by atoms with van der Waals surface area (Å²) in [6.07, 6.45) is -3.69. The quantitative estimate of drug-likeness (QED) is 0.700. The summed E-state index contributed by atoms with van der Waals surface area (Å²) in [7, 11) is 0. The normalized spacial score (nSPS) is 12.1. The Balaban J connectivity index is 2.42. The lowest BCUT2D eigenvalue weighted by Crippen LogP contribution is -2.33. The first kappa shape index (κ1) is 10.3. The summed E-state index contributed by atoms with van der Waals surface area (Å²) >= 11 is 1.24. The van der Waals surface area contributed by atoms with E-state index in [0.717, 1.165) is 0 Å². The van der Waals surface area contributed by atoms with E-state index in [1.807, 2.05) is 0 Å². The molecule has 0 spiro atoms. The third-order valence-corrected chi connectivity index (χ3v) is 1.91. The molecule has 6 heteroatoms. The van der Waals surface area contributed by atoms with Crippen molar-refractivity contribution in [1.82, 2.24) is 0 Å². The minimum absolute atomic E-state index is 0.185. The Morgan fingerprint density at radius 2 is 2.15 bits per heavy atom. The first-order chi connectivity index (χ1) is 6.02. The fourth-order valence-corrected chi connectivity index (χ4v) is 1.15. The lowest BCUT2D eigenvalue weighted by Gasteiger charge is -2.14. The van der Waals surface area contributed by atoms with E-state index in [9.17, 15) is 17.6 Å². The Kier molecular flexibility index (Phi) is 3.13. The van der Waals surface area contributed by atoms with Crippen molar-refractivity contribution in [2.75, 3.05) is 6.61 Å². The van der Waals surface area contributed by atoms with E-state index < -0.39 is 19.0 Å². The largest absolute Gasteiger partial charge is 0.486 e. The highest BCUT2D eigenvalue weighted by Gasteiger charge is 2.41. The molecule has 0 saturated heterocycles. The van der Waals surface area contributed by atoms with Crippen LogP contribution in [-0.2, 0) is 0 Å². The standard InChI is InChI=1S/C7H6F4OS/c8-6(9)7(10,11)4-12-5-1-2-13-3-5/h1-3,6H,4H2. The van der Waals surface area contributed by atoms with Gasteiger partial charge in [0.25, 0.3) is 0 Å². The smallest absolute Gasteiger partial charge is 0.340 e. The second-order valence-corrected chi connectivity index (χ2v) is 3.09. The third kappa shape index (κ3) is 2.87. The Labute approximate surface area is 75.9 Å². The Morgan fingerprint density at radius 3 is 2.62 bits per heavy atom. The number of hydrogen-bond acceptors (Lipinski definition) is 2. The van der Waals surface area contributed by atoms with Gasteiger partial charge in [-0.3, -0.25) is 0 Å². The second kappa shape index (κ2) is 3.95. The first-order valence-corrected chi connectivity index (χ1v) is 4.27. The fraction of sp³-hybridized carbons (Fsp3) is 0.429. The van der Waals surface area contributed by atoms with Gasteiger partial charge in [0.2, 0.25) is 0 Å². The van der Waals surface area contributed by atoms with Crippen molar-refractivity contribution in [3.05, 3.63) is 16.8 Å². The SMILES string of the molecule is FC(F)C(F)(F)COc1ccsc1. The van der Waals surface area contributed by atoms with Crippen molar-refractivity contribution in [1.29, 1.82) is 0 Å². The zero-order valence-corrected chi connectivity index (χ0v) is 7.16. The molecular formula is C7H6F4OS. The Bertz CT molecular complexity index is 247. The number of ether oxygens (including phenoxy) is 1. The van der Waals surface area contributed by atoms with Gasteiger partial charge < -0.3 is 4.74 Å². The van der Waals surface area contributed by atoms with Gasteiger partial charge in [-0.1, -0.05) is 0 Å². The maximum absolute atomic E-state index is 12.3. The molecule has 0 atom stereocenters. The van der Waals surface area contributed by atoms with Crippen LogP contribution in [0.25, 0.3) is 0 Å². The van der Waals surface area contributed by atoms with Gasteiger partial charge in [-0.25, -0.2) is 8.78 Å². The van der Waals surface area contributed by atoms with Crippen molar-refractivity contribution in [2.45, 2.75) is 12.3 Å². The summed E-state index contributed by atoms with van der Waals surface area (Å²) < 4.78 is 52.2. The van der Waals surface area contributed by atoms with E-state index in [1.54, 1.807) is 5.38 Å². The van der Waals surface area contributed by atoms with Crippen molar-refractivity contribution >= 4 is 11.3 Å². The van der Waals surface area contributed by atoms with Crippen LogP contribution in [0.1, 0.15) is 0 Å². The predicted molar refractivity (Wildman–Crippen MR) is 40.8 cm³/mol. The van der Waals surface area contributed by atoms with Crippen LogP contribution >= 0.6 is 11.3 Å². The highest BCUT2D eigenvalue weighted by atomic mass is 32.1. The minimum Gasteiger partial charge on any atom is -0.486 e. The molecule has 0 saturated carbocycles. The molecule has 0 aromatic carbocycles. The van der Waals surface area contributed by atoms with Gasteiger partial charge in [0.1, 0.15) is 5.75 Å². The van der Waals surface area contributed by atoms with E-state index in [0.29, 0.717) is 0 Å². The Hall–Kier alpha value is -0.780. The van der Waals surface area contributed by atoms with E-state index in [4.69, 9.17) is 0 Å². The average Bonchev–Trinajstić information content (AvgIpc) is 2.52. The van der Waals surface area contributed by atoms with Crippen LogP contribution in [0.3, 0.4) is 0 Å². The van der Waals surface area contributed by atoms with Crippen LogP contribution in [-0.4, -0.2) is 19.0 Å². The first-order valence-electron chi connectivity index (χ1n) is 3.33. The molecule has 1 aromatic rings. The molecule has 0 amide bonds. The molecule has 0 radical (unpaired) electrons. The van der Waals surface area contributed by atoms with Crippen LogP contribution in [0.4, 0.5) is 17.6 Å². The van der Waals surface area contributed by atoms with Crippen LogP contribution in [0.2, 0.25) is 0 Å². The van der Waals surface area contributed by atoms with Gasteiger partial charge >= 0.3 is 12.3 Å². The van der Waals surface area contributed by atoms with E-state index >= 15 is 0 Å². The fourth-order valence-electron chi connectivity index (χ4n) is 0.577. The average molecular weight is 214 g/mol. The predicted octanol–water partition coefficient (Wildman–Crippen LogP) is 3.03. The molecule has 1 nitrogen and oxygen atoms in total. The number of rotatable bonds is 4. The van der Waals surface area contributed by atoms with Crippen LogP contribution in [0, 0.1) is 0 Å². The zero-order valence-electron chi connectivity index (χ0n) is 6.34. The van der Waals surface area contributed by atoms with Crippen LogP contribution in [0.5, 0.6) is 5.75 Å². The number of thiophene rings is 1. The zero-order chi connectivity index (χ0) is 9.90. The van der Waals surface area contributed by atoms with E-state index in [1.165, 1.54) is 22.8 Å². The van der Waals surface area contributed by atoms with Gasteiger partial charge in [-0.15, -0.1) is 11.3 Å². The lowest BCUT2D eigenvalue weighted by atomic mass is 10.4. The number of alkyl halides is 4. The molecule has 13 heavy (non-hydrogen) atoms. The monoisotopic (exact) mass is 214 g/mol. The summed E-state index contributed by atoms with van der Waals surface area (Å²) in [5.74, 6) is -3.90. The maximum atomic E-state index is 12.3. The van der Waals surface area contributed by atoms with Gasteiger partial charge in [0.15, 0.2) is 6.61 Å². The highest BCUT2D eigenvalue weighted by Crippen LogP contribution is 2.24. The van der Waals surface area contributed by atoms with E-state index in [2.05, 4.69) is 4.74 Å². The van der Waals surface area contributed by atoms with Crippen LogP contribution in [0.15, 0.2) is 16.8 Å². The van der Waals surface area contributed by atoms with Crippen LogP contribution < -0.4 is 4.74 Å². The molecule has 0 aliphatic heterocycles. The molecule has 1 aromatic heterocycles. The van der Waals surface area contributed by atoms with Gasteiger partial charge in [-0.05, 0) is 11.4 Å². The van der Waals surface area contributed by atoms with E-state index in [-0.39, 0.29) is 5.75 Å². The lowest BCUT2D eigenvalue weighted by molar-refractivity contribution is -0.148. The minimum atomic E-state index is -4.08. The van der Waals surface area contributed by atoms with Crippen molar-refractivity contribution < 1.29 is 22.3 Å². The molecule has 0 aliphatic rings. The summed E-state index contributed by atoms with van der Waals surface area (Å²) in [6, 6.07) is 1.44. The highest BCUT2D eigenvalue weighted by molar-refractivity contribution is 7.08. The summed E-state index contributed by atoms with van der Waals surface area (Å²) in [4.78, 5) is 0. The molecule has 0 N–H and O–H groups in total. The summed E-state index contributed by atoms with van der Waals surface area (Å²) in [5, 5.41) is 3.07. The van der Waals surface area contributed by atoms with Crippen molar-refractivity contribution in [2.24, 2.45) is 0 Å². The maximum Gasteiger partial charge on any atom is 0.340 e. The Morgan fingerprint density at radius 1 is 1.46 bits per heavy atom. The molecule has 1 heterocycles. The number of hydrogen-bond donors (Lipinski definition) is 0. The van der Waals surface area contributed by atoms with Gasteiger partial charge in [0, 0.05) is 5.38 Å². The van der Waals surface area contributed by atoms with Crippen molar-refractivity contribution in [3.8, 4) is 5.75 Å². The molecule has 0 bridgehead atoms. The summed E-state index contributed by atoms with van der Waals surface area (Å²) in [5.41, 5.74) is 0. The van der Waals surface area contributed by atoms with Gasteiger partial charge in [0.05, 0.1) is 0 Å². The van der Waals surface area contributed by atoms with Crippen molar-refractivity contribution in [3.63, 3.8) is 0 Å². The molecule has 74 valence electrons. The molecule has 0 fully saturated rings. The molecule has 0 aliphatic carbocycles. The number of halogens is 4. The topological polar surface area (TPSA) is 9.23 Å². The molecular weight excluding hydrogens is 208 g/mol. The summed E-state index contributed by atoms with van der Waals surface area (Å²) in [6.45, 7) is -1.29. The molecule has 0 unspecified atom stereocenters. The van der Waals surface area contributed by atoms with Gasteiger partial charge in [-0.2, -0.15) is 8.78 Å². The second-order valence-electron chi connectivity index (χ2n) is 2.31. The molecule has 1 rings (SSSR count).